The van der Waals surface area contributed by atoms with Crippen LogP contribution in [0.3, 0.4) is 0 Å². The lowest BCUT2D eigenvalue weighted by Gasteiger charge is -2.38. The summed E-state index contributed by atoms with van der Waals surface area (Å²) in [6.45, 7) is -1.14. The summed E-state index contributed by atoms with van der Waals surface area (Å²) >= 11 is 5.71. The van der Waals surface area contributed by atoms with E-state index < -0.39 is 30.9 Å². The van der Waals surface area contributed by atoms with Crippen molar-refractivity contribution in [2.45, 2.75) is 12.1 Å². The van der Waals surface area contributed by atoms with Gasteiger partial charge in [0.25, 0.3) is 5.92 Å². The lowest BCUT2D eigenvalue weighted by Crippen LogP contribution is -2.57. The van der Waals surface area contributed by atoms with E-state index in [9.17, 15) is 22.0 Å². The monoisotopic (exact) mass is 366 g/mol. The molecular formula is C12H8ClF5N6. The Morgan fingerprint density at radius 3 is 2.50 bits per heavy atom. The Balaban J connectivity index is 1.82. The smallest absolute Gasteiger partial charge is 0.328 e. The minimum atomic E-state index is -4.61. The molecule has 0 atom stereocenters. The summed E-state index contributed by atoms with van der Waals surface area (Å²) in [5, 5.41) is 2.25. The Morgan fingerprint density at radius 1 is 1.17 bits per heavy atom. The number of rotatable bonds is 3. The van der Waals surface area contributed by atoms with Crippen molar-refractivity contribution < 1.29 is 22.0 Å². The number of hydrogen-bond donors (Lipinski definition) is 1. The van der Waals surface area contributed by atoms with Crippen molar-refractivity contribution in [1.29, 1.82) is 0 Å². The van der Waals surface area contributed by atoms with E-state index >= 15 is 0 Å². The van der Waals surface area contributed by atoms with Gasteiger partial charge in [-0.2, -0.15) is 28.1 Å². The molecule has 1 aliphatic heterocycles. The number of anilines is 3. The zero-order chi connectivity index (χ0) is 17.5. The molecule has 24 heavy (non-hydrogen) atoms. The highest BCUT2D eigenvalue weighted by Gasteiger charge is 2.45. The van der Waals surface area contributed by atoms with Crippen LogP contribution in [0.5, 0.6) is 0 Å². The van der Waals surface area contributed by atoms with Gasteiger partial charge in [0.15, 0.2) is 0 Å². The van der Waals surface area contributed by atoms with Crippen molar-refractivity contribution in [3.8, 4) is 0 Å². The second kappa shape index (κ2) is 5.65. The second-order valence-electron chi connectivity index (χ2n) is 4.99. The third-order valence-electron chi connectivity index (χ3n) is 3.03. The molecule has 3 heterocycles. The van der Waals surface area contributed by atoms with Gasteiger partial charge in [0, 0.05) is 11.9 Å². The molecule has 0 radical (unpaired) electrons. The predicted molar refractivity (Wildman–Crippen MR) is 74.5 cm³/mol. The first kappa shape index (κ1) is 16.6. The van der Waals surface area contributed by atoms with Crippen LogP contribution in [0.2, 0.25) is 5.28 Å². The van der Waals surface area contributed by atoms with E-state index in [4.69, 9.17) is 11.6 Å². The van der Waals surface area contributed by atoms with Gasteiger partial charge in [0.1, 0.15) is 5.69 Å². The van der Waals surface area contributed by atoms with Gasteiger partial charge in [-0.3, -0.25) is 4.98 Å². The number of nitrogens with one attached hydrogen (secondary N) is 1. The lowest BCUT2D eigenvalue weighted by atomic mass is 10.2. The van der Waals surface area contributed by atoms with Crippen LogP contribution in [0.15, 0.2) is 18.3 Å². The van der Waals surface area contributed by atoms with Gasteiger partial charge in [0.05, 0.1) is 13.1 Å². The van der Waals surface area contributed by atoms with Crippen LogP contribution >= 0.6 is 11.6 Å². The number of halogens is 6. The molecule has 0 aliphatic carbocycles. The van der Waals surface area contributed by atoms with E-state index in [1.54, 1.807) is 0 Å². The second-order valence-corrected chi connectivity index (χ2v) is 5.33. The molecule has 1 N–H and O–H groups in total. The molecule has 1 aliphatic rings. The van der Waals surface area contributed by atoms with Crippen molar-refractivity contribution in [3.63, 3.8) is 0 Å². The molecule has 128 valence electrons. The van der Waals surface area contributed by atoms with Crippen molar-refractivity contribution in [1.82, 2.24) is 19.9 Å². The molecule has 6 nitrogen and oxygen atoms in total. The van der Waals surface area contributed by atoms with Gasteiger partial charge in [-0.05, 0) is 23.7 Å². The third kappa shape index (κ3) is 3.61. The Kier molecular flexibility index (Phi) is 3.90. The summed E-state index contributed by atoms with van der Waals surface area (Å²) in [5.41, 5.74) is -1.09. The quantitative estimate of drug-likeness (QED) is 0.842. The lowest BCUT2D eigenvalue weighted by molar-refractivity contribution is -0.141. The Labute approximate surface area is 136 Å². The fourth-order valence-electron chi connectivity index (χ4n) is 1.98. The van der Waals surface area contributed by atoms with Crippen LogP contribution < -0.4 is 10.2 Å². The molecule has 0 spiro atoms. The van der Waals surface area contributed by atoms with Crippen molar-refractivity contribution in [2.24, 2.45) is 0 Å². The fourth-order valence-corrected chi connectivity index (χ4v) is 2.14. The molecule has 0 bridgehead atoms. The normalized spacial score (nSPS) is 16.7. The van der Waals surface area contributed by atoms with Gasteiger partial charge in [-0.15, -0.1) is 0 Å². The number of hydrogen-bond acceptors (Lipinski definition) is 6. The van der Waals surface area contributed by atoms with E-state index in [-0.39, 0.29) is 22.9 Å². The Hall–Kier alpha value is -2.30. The van der Waals surface area contributed by atoms with Crippen LogP contribution in [0.1, 0.15) is 5.69 Å². The van der Waals surface area contributed by atoms with Crippen molar-refractivity contribution in [3.05, 3.63) is 29.3 Å². The number of aromatic nitrogens is 4. The molecule has 2 aromatic heterocycles. The highest BCUT2D eigenvalue weighted by molar-refractivity contribution is 6.28. The highest BCUT2D eigenvalue weighted by atomic mass is 35.5. The van der Waals surface area contributed by atoms with Crippen molar-refractivity contribution in [2.75, 3.05) is 23.3 Å². The Bertz CT molecular complexity index is 760. The number of nitrogens with zero attached hydrogens (tertiary/aromatic N) is 5. The Morgan fingerprint density at radius 2 is 1.88 bits per heavy atom. The summed E-state index contributed by atoms with van der Waals surface area (Å²) < 4.78 is 63.7. The first-order valence-corrected chi connectivity index (χ1v) is 6.85. The van der Waals surface area contributed by atoms with E-state index in [1.165, 1.54) is 11.0 Å². The minimum Gasteiger partial charge on any atom is -0.328 e. The molecule has 12 heteroatoms. The van der Waals surface area contributed by atoms with E-state index in [2.05, 4.69) is 25.3 Å². The van der Waals surface area contributed by atoms with Crippen LogP contribution in [0.4, 0.5) is 39.5 Å². The summed E-state index contributed by atoms with van der Waals surface area (Å²) in [5.74, 6) is -3.09. The summed E-state index contributed by atoms with van der Waals surface area (Å²) in [7, 11) is 0. The molecule has 0 unspecified atom stereocenters. The number of alkyl halides is 5. The maximum Gasteiger partial charge on any atom is 0.433 e. The molecule has 1 saturated heterocycles. The zero-order valence-electron chi connectivity index (χ0n) is 11.7. The zero-order valence-corrected chi connectivity index (χ0v) is 12.4. The number of pyridine rings is 1. The average molecular weight is 367 g/mol. The van der Waals surface area contributed by atoms with Gasteiger partial charge in [-0.1, -0.05) is 0 Å². The van der Waals surface area contributed by atoms with E-state index in [1.807, 2.05) is 0 Å². The summed E-state index contributed by atoms with van der Waals surface area (Å²) in [4.78, 5) is 15.7. The maximum absolute atomic E-state index is 12.9. The SMILES string of the molecule is FC1(F)CN(c2nc(Cl)nc(Nc3ccnc(C(F)(F)F)c3)n2)C1. The summed E-state index contributed by atoms with van der Waals surface area (Å²) in [6.07, 6.45) is -3.65. The minimum absolute atomic E-state index is 0.0134. The molecule has 0 saturated carbocycles. The standard InChI is InChI=1S/C12H8ClF5N6/c13-8-21-9(23-10(22-8)24-4-11(14,15)5-24)20-6-1-2-19-7(3-6)12(16,17)18/h1-3H,4-5H2,(H,19,20,21,22,23). The predicted octanol–water partition coefficient (Wildman–Crippen LogP) is 3.14. The molecule has 0 aromatic carbocycles. The molecule has 2 aromatic rings. The van der Waals surface area contributed by atoms with Gasteiger partial charge >= 0.3 is 6.18 Å². The first-order valence-electron chi connectivity index (χ1n) is 6.47. The molecule has 3 rings (SSSR count). The largest absolute Gasteiger partial charge is 0.433 e. The molecule has 0 amide bonds. The van der Waals surface area contributed by atoms with Crippen LogP contribution in [-0.4, -0.2) is 38.9 Å². The molecular weight excluding hydrogens is 359 g/mol. The topological polar surface area (TPSA) is 66.8 Å². The van der Waals surface area contributed by atoms with Crippen LogP contribution in [-0.2, 0) is 6.18 Å². The summed E-state index contributed by atoms with van der Waals surface area (Å²) in [6, 6.07) is 2.03. The van der Waals surface area contributed by atoms with Gasteiger partial charge in [-0.25, -0.2) is 8.78 Å². The van der Waals surface area contributed by atoms with Gasteiger partial charge < -0.3 is 10.2 Å². The average Bonchev–Trinajstić information content (AvgIpc) is 2.43. The van der Waals surface area contributed by atoms with Crippen LogP contribution in [0, 0.1) is 0 Å². The first-order chi connectivity index (χ1) is 11.1. The highest BCUT2D eigenvalue weighted by Crippen LogP contribution is 2.31. The van der Waals surface area contributed by atoms with Crippen molar-refractivity contribution >= 4 is 29.2 Å². The fraction of sp³-hybridized carbons (Fsp3) is 0.333. The molecule has 1 fully saturated rings. The van der Waals surface area contributed by atoms with E-state index in [0.717, 1.165) is 12.3 Å². The van der Waals surface area contributed by atoms with Crippen LogP contribution in [0.25, 0.3) is 0 Å². The van der Waals surface area contributed by atoms with E-state index in [0.29, 0.717) is 0 Å². The van der Waals surface area contributed by atoms with Gasteiger partial charge in [0.2, 0.25) is 17.2 Å². The third-order valence-corrected chi connectivity index (χ3v) is 3.20. The maximum atomic E-state index is 12.9.